The van der Waals surface area contributed by atoms with Gasteiger partial charge in [-0.2, -0.15) is 0 Å². The predicted molar refractivity (Wildman–Crippen MR) is 95.2 cm³/mol. The Hall–Kier alpha value is -0.530. The van der Waals surface area contributed by atoms with Gasteiger partial charge in [0.1, 0.15) is 0 Å². The minimum absolute atomic E-state index is 0.434. The van der Waals surface area contributed by atoms with Crippen LogP contribution in [0.5, 0.6) is 0 Å². The van der Waals surface area contributed by atoms with Gasteiger partial charge in [0, 0.05) is 11.1 Å². The van der Waals surface area contributed by atoms with Crippen molar-refractivity contribution in [1.29, 1.82) is 0 Å². The van der Waals surface area contributed by atoms with Crippen LogP contribution in [0.25, 0.3) is 0 Å². The number of halogens is 1. The van der Waals surface area contributed by atoms with Gasteiger partial charge in [0.05, 0.1) is 0 Å². The first kappa shape index (κ1) is 18.5. The van der Waals surface area contributed by atoms with Crippen LogP contribution in [0.1, 0.15) is 81.9 Å². The molecule has 0 aliphatic rings. The van der Waals surface area contributed by atoms with Crippen LogP contribution in [0.2, 0.25) is 5.02 Å². The van der Waals surface area contributed by atoms with Crippen LogP contribution < -0.4 is 5.32 Å². The van der Waals surface area contributed by atoms with E-state index in [2.05, 4.69) is 38.3 Å². The fraction of sp³-hybridized carbons (Fsp3) is 0.684. The summed E-state index contributed by atoms with van der Waals surface area (Å²) in [6.07, 6.45) is 12.2. The lowest BCUT2D eigenvalue weighted by Gasteiger charge is -2.19. The standard InChI is InChI=1S/C19H32ClN/c1-4-5-6-7-8-9-10-11-15-19(21-3)17-13-12-14-18(20)16(17)2/h12-14,19,21H,4-11,15H2,1-3H3. The van der Waals surface area contributed by atoms with Crippen molar-refractivity contribution in [2.75, 3.05) is 7.05 Å². The van der Waals surface area contributed by atoms with E-state index in [1.165, 1.54) is 68.9 Å². The van der Waals surface area contributed by atoms with Crippen molar-refractivity contribution in [2.24, 2.45) is 0 Å². The highest BCUT2D eigenvalue weighted by atomic mass is 35.5. The van der Waals surface area contributed by atoms with Crippen molar-refractivity contribution < 1.29 is 0 Å². The van der Waals surface area contributed by atoms with Crippen molar-refractivity contribution in [3.63, 3.8) is 0 Å². The Morgan fingerprint density at radius 1 is 1.00 bits per heavy atom. The van der Waals surface area contributed by atoms with E-state index < -0.39 is 0 Å². The summed E-state index contributed by atoms with van der Waals surface area (Å²) < 4.78 is 0. The van der Waals surface area contributed by atoms with Crippen LogP contribution >= 0.6 is 11.6 Å². The second kappa shape index (κ2) is 11.1. The van der Waals surface area contributed by atoms with E-state index in [1.54, 1.807) is 0 Å². The summed E-state index contributed by atoms with van der Waals surface area (Å²) in [6.45, 7) is 4.39. The first-order valence-electron chi connectivity index (χ1n) is 8.63. The van der Waals surface area contributed by atoms with E-state index in [4.69, 9.17) is 11.6 Å². The summed E-state index contributed by atoms with van der Waals surface area (Å²) in [5.74, 6) is 0. The van der Waals surface area contributed by atoms with Crippen LogP contribution in [-0.2, 0) is 0 Å². The van der Waals surface area contributed by atoms with E-state index >= 15 is 0 Å². The summed E-state index contributed by atoms with van der Waals surface area (Å²) >= 11 is 6.23. The number of nitrogens with one attached hydrogen (secondary N) is 1. The summed E-state index contributed by atoms with van der Waals surface area (Å²) in [4.78, 5) is 0. The van der Waals surface area contributed by atoms with Gasteiger partial charge >= 0.3 is 0 Å². The van der Waals surface area contributed by atoms with Crippen molar-refractivity contribution in [1.82, 2.24) is 5.32 Å². The zero-order valence-electron chi connectivity index (χ0n) is 14.1. The molecular formula is C19H32ClN. The van der Waals surface area contributed by atoms with E-state index in [-0.39, 0.29) is 0 Å². The lowest BCUT2D eigenvalue weighted by molar-refractivity contribution is 0.493. The Labute approximate surface area is 136 Å². The molecule has 120 valence electrons. The molecule has 1 aromatic carbocycles. The molecule has 0 bridgehead atoms. The molecule has 21 heavy (non-hydrogen) atoms. The molecule has 1 unspecified atom stereocenters. The average molecular weight is 310 g/mol. The summed E-state index contributed by atoms with van der Waals surface area (Å²) in [5.41, 5.74) is 2.58. The Bertz CT molecular complexity index is 389. The maximum Gasteiger partial charge on any atom is 0.0438 e. The van der Waals surface area contributed by atoms with Crippen molar-refractivity contribution in [3.8, 4) is 0 Å². The fourth-order valence-corrected chi connectivity index (χ4v) is 3.12. The Morgan fingerprint density at radius 2 is 1.62 bits per heavy atom. The third-order valence-corrected chi connectivity index (χ3v) is 4.79. The molecule has 0 saturated carbocycles. The zero-order valence-corrected chi connectivity index (χ0v) is 14.8. The van der Waals surface area contributed by atoms with Crippen LogP contribution in [0.4, 0.5) is 0 Å². The number of benzene rings is 1. The second-order valence-corrected chi connectivity index (χ2v) is 6.47. The molecule has 0 spiro atoms. The first-order valence-corrected chi connectivity index (χ1v) is 9.00. The van der Waals surface area contributed by atoms with Gasteiger partial charge in [0.25, 0.3) is 0 Å². The van der Waals surface area contributed by atoms with Gasteiger partial charge in [-0.3, -0.25) is 0 Å². The number of rotatable bonds is 11. The summed E-state index contributed by atoms with van der Waals surface area (Å²) in [6, 6.07) is 6.67. The highest BCUT2D eigenvalue weighted by Crippen LogP contribution is 2.27. The molecule has 0 amide bonds. The SMILES string of the molecule is CCCCCCCCCCC(NC)c1cccc(Cl)c1C. The van der Waals surface area contributed by atoms with E-state index in [0.29, 0.717) is 6.04 Å². The second-order valence-electron chi connectivity index (χ2n) is 6.06. The van der Waals surface area contributed by atoms with E-state index in [1.807, 2.05) is 6.07 Å². The maximum atomic E-state index is 6.23. The van der Waals surface area contributed by atoms with E-state index in [0.717, 1.165) is 5.02 Å². The third-order valence-electron chi connectivity index (χ3n) is 4.38. The van der Waals surface area contributed by atoms with Crippen molar-refractivity contribution in [2.45, 2.75) is 77.7 Å². The molecular weight excluding hydrogens is 278 g/mol. The molecule has 0 fully saturated rings. The quantitative estimate of drug-likeness (QED) is 0.464. The average Bonchev–Trinajstić information content (AvgIpc) is 2.49. The maximum absolute atomic E-state index is 6.23. The smallest absolute Gasteiger partial charge is 0.0438 e. The fourth-order valence-electron chi connectivity index (χ4n) is 2.94. The minimum atomic E-state index is 0.434. The van der Waals surface area contributed by atoms with Crippen molar-refractivity contribution >= 4 is 11.6 Å². The number of unbranched alkanes of at least 4 members (excludes halogenated alkanes) is 7. The molecule has 0 aliphatic heterocycles. The minimum Gasteiger partial charge on any atom is -0.313 e. The van der Waals surface area contributed by atoms with Gasteiger partial charge in [-0.25, -0.2) is 0 Å². The first-order chi connectivity index (χ1) is 10.2. The molecule has 1 nitrogen and oxygen atoms in total. The van der Waals surface area contributed by atoms with Crippen LogP contribution in [0.15, 0.2) is 18.2 Å². The Balaban J connectivity index is 2.27. The topological polar surface area (TPSA) is 12.0 Å². The normalized spacial score (nSPS) is 12.6. The lowest BCUT2D eigenvalue weighted by Crippen LogP contribution is -2.17. The molecule has 0 radical (unpaired) electrons. The Kier molecular flexibility index (Phi) is 9.78. The molecule has 1 rings (SSSR count). The van der Waals surface area contributed by atoms with Gasteiger partial charge in [-0.05, 0) is 37.6 Å². The monoisotopic (exact) mass is 309 g/mol. The summed E-state index contributed by atoms with van der Waals surface area (Å²) in [7, 11) is 2.05. The van der Waals surface area contributed by atoms with Gasteiger partial charge in [0.15, 0.2) is 0 Å². The van der Waals surface area contributed by atoms with Gasteiger partial charge in [-0.1, -0.05) is 82.0 Å². The molecule has 1 atom stereocenters. The molecule has 1 aromatic rings. The predicted octanol–water partition coefficient (Wildman–Crippen LogP) is 6.44. The molecule has 2 heteroatoms. The van der Waals surface area contributed by atoms with E-state index in [9.17, 15) is 0 Å². The van der Waals surface area contributed by atoms with Gasteiger partial charge in [-0.15, -0.1) is 0 Å². The number of hydrogen-bond acceptors (Lipinski definition) is 1. The lowest BCUT2D eigenvalue weighted by atomic mass is 9.96. The molecule has 0 aliphatic carbocycles. The largest absolute Gasteiger partial charge is 0.313 e. The van der Waals surface area contributed by atoms with Crippen molar-refractivity contribution in [3.05, 3.63) is 34.3 Å². The summed E-state index contributed by atoms with van der Waals surface area (Å²) in [5, 5.41) is 4.32. The molecule has 0 aromatic heterocycles. The Morgan fingerprint density at radius 3 is 2.24 bits per heavy atom. The van der Waals surface area contributed by atoms with Gasteiger partial charge in [0.2, 0.25) is 0 Å². The van der Waals surface area contributed by atoms with Crippen LogP contribution in [-0.4, -0.2) is 7.05 Å². The zero-order chi connectivity index (χ0) is 15.5. The van der Waals surface area contributed by atoms with Gasteiger partial charge < -0.3 is 5.32 Å². The highest BCUT2D eigenvalue weighted by Gasteiger charge is 2.12. The number of hydrogen-bond donors (Lipinski definition) is 1. The molecule has 0 heterocycles. The highest BCUT2D eigenvalue weighted by molar-refractivity contribution is 6.31. The van der Waals surface area contributed by atoms with Crippen LogP contribution in [0.3, 0.4) is 0 Å². The molecule has 0 saturated heterocycles. The third kappa shape index (κ3) is 6.84. The molecule has 1 N–H and O–H groups in total. The van der Waals surface area contributed by atoms with Crippen LogP contribution in [0, 0.1) is 6.92 Å².